The second-order valence-electron chi connectivity index (χ2n) is 11.3. The summed E-state index contributed by atoms with van der Waals surface area (Å²) in [5.74, 6) is 2.12. The summed E-state index contributed by atoms with van der Waals surface area (Å²) in [6.45, 7) is 2.46. The van der Waals surface area contributed by atoms with Crippen LogP contribution in [0.15, 0.2) is 61.1 Å². The molecule has 2 aromatic heterocycles. The third kappa shape index (κ3) is 4.14. The van der Waals surface area contributed by atoms with E-state index in [-0.39, 0.29) is 12.7 Å². The van der Waals surface area contributed by atoms with E-state index in [0.717, 1.165) is 73.1 Å². The molecule has 4 heterocycles. The van der Waals surface area contributed by atoms with Gasteiger partial charge < -0.3 is 20.1 Å². The van der Waals surface area contributed by atoms with Gasteiger partial charge in [0.1, 0.15) is 29.6 Å². The number of hydrogen-bond acceptors (Lipinski definition) is 6. The Morgan fingerprint density at radius 3 is 2.76 bits per heavy atom. The number of aromatic nitrogens is 3. The smallest absolute Gasteiger partial charge is 0.146 e. The zero-order chi connectivity index (χ0) is 25.6. The monoisotopic (exact) mass is 509 g/mol. The van der Waals surface area contributed by atoms with Crippen molar-refractivity contribution in [3.05, 3.63) is 72.2 Å². The second kappa shape index (κ2) is 9.71. The van der Waals surface area contributed by atoms with Crippen LogP contribution >= 0.6 is 0 Å². The third-order valence-corrected chi connectivity index (χ3v) is 8.94. The maximum atomic E-state index is 9.69. The van der Waals surface area contributed by atoms with E-state index in [0.29, 0.717) is 23.8 Å². The lowest BCUT2D eigenvalue weighted by atomic mass is 9.79. The molecule has 0 bridgehead atoms. The van der Waals surface area contributed by atoms with E-state index in [9.17, 15) is 5.11 Å². The van der Waals surface area contributed by atoms with Gasteiger partial charge in [-0.25, -0.2) is 9.97 Å². The number of aryl methyl sites for hydroxylation is 1. The number of fused-ring (bicyclic) bond motifs is 2. The third-order valence-electron chi connectivity index (χ3n) is 8.94. The zero-order valence-electron chi connectivity index (χ0n) is 21.7. The van der Waals surface area contributed by atoms with Crippen LogP contribution in [-0.2, 0) is 6.42 Å². The van der Waals surface area contributed by atoms with Gasteiger partial charge in [0.2, 0.25) is 0 Å². The number of aliphatic hydroxyl groups is 1. The molecule has 4 aromatic rings. The molecule has 0 amide bonds. The van der Waals surface area contributed by atoms with Crippen LogP contribution < -0.4 is 10.5 Å². The predicted octanol–water partition coefficient (Wildman–Crippen LogP) is 5.15. The number of anilines is 1. The first-order chi connectivity index (χ1) is 18.7. The van der Waals surface area contributed by atoms with E-state index in [1.807, 2.05) is 6.07 Å². The van der Waals surface area contributed by atoms with Gasteiger partial charge in [0.25, 0.3) is 0 Å². The van der Waals surface area contributed by atoms with E-state index < -0.39 is 0 Å². The van der Waals surface area contributed by atoms with Gasteiger partial charge in [-0.05, 0) is 73.7 Å². The van der Waals surface area contributed by atoms with Crippen molar-refractivity contribution in [3.63, 3.8) is 0 Å². The number of nitrogens with two attached hydrogens (primary N) is 1. The lowest BCUT2D eigenvalue weighted by molar-refractivity contribution is 0.0970. The largest absolute Gasteiger partial charge is 0.485 e. The van der Waals surface area contributed by atoms with Crippen LogP contribution in [0.5, 0.6) is 5.75 Å². The average Bonchev–Trinajstić information content (AvgIpc) is 3.55. The van der Waals surface area contributed by atoms with Gasteiger partial charge in [0, 0.05) is 30.4 Å². The van der Waals surface area contributed by atoms with E-state index in [1.165, 1.54) is 17.5 Å². The maximum Gasteiger partial charge on any atom is 0.146 e. The fourth-order valence-corrected chi connectivity index (χ4v) is 6.80. The molecule has 2 aromatic carbocycles. The van der Waals surface area contributed by atoms with Crippen LogP contribution in [0, 0.1) is 5.92 Å². The molecule has 3 N–H and O–H groups in total. The summed E-state index contributed by atoms with van der Waals surface area (Å²) in [6, 6.07) is 17.8. The number of ether oxygens (including phenoxy) is 1. The highest BCUT2D eigenvalue weighted by molar-refractivity contribution is 6.00. The van der Waals surface area contributed by atoms with Crippen molar-refractivity contribution < 1.29 is 9.84 Å². The molecule has 38 heavy (non-hydrogen) atoms. The quantitative estimate of drug-likeness (QED) is 0.373. The Bertz CT molecular complexity index is 1450. The Morgan fingerprint density at radius 2 is 1.92 bits per heavy atom. The summed E-state index contributed by atoms with van der Waals surface area (Å²) in [5, 5.41) is 10.6. The molecule has 7 heteroatoms. The Labute approximate surface area is 223 Å². The topological polar surface area (TPSA) is 89.4 Å². The number of benzene rings is 2. The van der Waals surface area contributed by atoms with E-state index in [2.05, 4.69) is 68.1 Å². The molecular formula is C31H35N5O2. The summed E-state index contributed by atoms with van der Waals surface area (Å²) < 4.78 is 8.83. The normalized spacial score (nSPS) is 25.2. The van der Waals surface area contributed by atoms with Crippen LogP contribution in [0.3, 0.4) is 0 Å². The van der Waals surface area contributed by atoms with Gasteiger partial charge in [-0.15, -0.1) is 0 Å². The second-order valence-corrected chi connectivity index (χ2v) is 11.3. The highest BCUT2D eigenvalue weighted by atomic mass is 16.5. The van der Waals surface area contributed by atoms with Crippen LogP contribution in [-0.4, -0.2) is 50.3 Å². The number of aliphatic hydroxyl groups excluding tert-OH is 1. The number of likely N-dealkylation sites (tertiary alicyclic amines) is 1. The Balaban J connectivity index is 1.16. The van der Waals surface area contributed by atoms with Crippen molar-refractivity contribution >= 4 is 16.9 Å². The minimum atomic E-state index is 0.0710. The molecular weight excluding hydrogens is 474 g/mol. The standard InChI is InChI=1S/C31H35N5O2/c32-30-29-26(23-9-8-22-10-11-27(38-28(22)15-23)21-5-2-1-3-6-21)17-36(31(29)34-19-33-30)25-13-20(14-25)16-35-12-4-7-24(35)18-37/h1-3,5-6,8-9,15,17,19-20,24-25,27,37H,4,7,10-14,16,18H2,(H2,32,33,34). The lowest BCUT2D eigenvalue weighted by Crippen LogP contribution is -2.40. The summed E-state index contributed by atoms with van der Waals surface area (Å²) >= 11 is 0. The average molecular weight is 510 g/mol. The fourth-order valence-electron chi connectivity index (χ4n) is 6.80. The Hall–Kier alpha value is -3.42. The van der Waals surface area contributed by atoms with E-state index in [4.69, 9.17) is 10.5 Å². The van der Waals surface area contributed by atoms with Gasteiger partial charge in [-0.1, -0.05) is 42.5 Å². The van der Waals surface area contributed by atoms with Crippen molar-refractivity contribution in [1.82, 2.24) is 19.4 Å². The first kappa shape index (κ1) is 23.7. The molecule has 1 saturated carbocycles. The molecule has 2 fully saturated rings. The Morgan fingerprint density at radius 1 is 1.05 bits per heavy atom. The van der Waals surface area contributed by atoms with Gasteiger partial charge >= 0.3 is 0 Å². The molecule has 7 nitrogen and oxygen atoms in total. The molecule has 0 spiro atoms. The Kier molecular flexibility index (Phi) is 6.05. The van der Waals surface area contributed by atoms with Gasteiger partial charge in [0.05, 0.1) is 12.0 Å². The number of nitrogen functional groups attached to an aromatic ring is 1. The lowest BCUT2D eigenvalue weighted by Gasteiger charge is -2.39. The van der Waals surface area contributed by atoms with Crippen LogP contribution in [0.1, 0.15) is 55.4 Å². The van der Waals surface area contributed by atoms with Crippen molar-refractivity contribution in [2.45, 2.75) is 56.7 Å². The predicted molar refractivity (Wildman–Crippen MR) is 149 cm³/mol. The molecule has 196 valence electrons. The number of nitrogens with zero attached hydrogens (tertiary/aromatic N) is 4. The SMILES string of the molecule is Nc1ncnc2c1c(-c1ccc3c(c1)OC(c1ccccc1)CC3)cn2C1CC(CN2CCCC2CO)C1. The maximum absolute atomic E-state index is 9.69. The highest BCUT2D eigenvalue weighted by Gasteiger charge is 2.36. The van der Waals surface area contributed by atoms with Crippen molar-refractivity contribution in [2.75, 3.05) is 25.4 Å². The summed E-state index contributed by atoms with van der Waals surface area (Å²) in [6.07, 6.45) is 10.4. The van der Waals surface area contributed by atoms with Crippen LogP contribution in [0.2, 0.25) is 0 Å². The van der Waals surface area contributed by atoms with Gasteiger partial charge in [-0.3, -0.25) is 4.90 Å². The minimum Gasteiger partial charge on any atom is -0.485 e. The number of hydrogen-bond donors (Lipinski definition) is 2. The molecule has 1 saturated heterocycles. The van der Waals surface area contributed by atoms with E-state index in [1.54, 1.807) is 6.33 Å². The van der Waals surface area contributed by atoms with Gasteiger partial charge in [-0.2, -0.15) is 0 Å². The van der Waals surface area contributed by atoms with Gasteiger partial charge in [0.15, 0.2) is 0 Å². The van der Waals surface area contributed by atoms with Crippen molar-refractivity contribution in [1.29, 1.82) is 0 Å². The van der Waals surface area contributed by atoms with E-state index >= 15 is 0 Å². The molecule has 1 aliphatic carbocycles. The molecule has 2 aliphatic heterocycles. The summed E-state index contributed by atoms with van der Waals surface area (Å²) in [7, 11) is 0. The molecule has 7 rings (SSSR count). The molecule has 0 radical (unpaired) electrons. The fraction of sp³-hybridized carbons (Fsp3) is 0.419. The first-order valence-electron chi connectivity index (χ1n) is 14.0. The highest BCUT2D eigenvalue weighted by Crippen LogP contribution is 2.45. The van der Waals surface area contributed by atoms with Crippen LogP contribution in [0.4, 0.5) is 5.82 Å². The molecule has 3 aliphatic rings. The van der Waals surface area contributed by atoms with Crippen molar-refractivity contribution in [2.24, 2.45) is 5.92 Å². The zero-order valence-corrected chi connectivity index (χ0v) is 21.7. The van der Waals surface area contributed by atoms with Crippen LogP contribution in [0.25, 0.3) is 22.2 Å². The van der Waals surface area contributed by atoms with Crippen molar-refractivity contribution in [3.8, 4) is 16.9 Å². The molecule has 2 atom stereocenters. The summed E-state index contributed by atoms with van der Waals surface area (Å²) in [4.78, 5) is 11.5. The molecule has 2 unspecified atom stereocenters. The summed E-state index contributed by atoms with van der Waals surface area (Å²) in [5.41, 5.74) is 12.0. The first-order valence-corrected chi connectivity index (χ1v) is 14.0. The number of rotatable bonds is 6. The minimum absolute atomic E-state index is 0.0710.